The highest BCUT2D eigenvalue weighted by atomic mass is 35.5. The van der Waals surface area contributed by atoms with Crippen molar-refractivity contribution in [3.8, 4) is 22.2 Å². The molecular weight excluding hydrogens is 652 g/mol. The molecule has 6 rings (SSSR count). The molecule has 0 unspecified atom stereocenters. The SMILES string of the molecule is CCOC(=O)[C@@]12C[C@@H]1/C=C\CCCCN(C)C(=O)[C@@H]1C[C@H](Oc3cc(-c4nc(C(C)C)cs4)nc4c(Cl)c(OC)ccc34)C[C@H]1C(=O)N2. The maximum Gasteiger partial charge on any atom is 0.332 e. The average molecular weight is 695 g/mol. The molecular formula is C36H43ClN4O6S. The van der Waals surface area contributed by atoms with Crippen molar-refractivity contribution in [3.05, 3.63) is 46.4 Å². The van der Waals surface area contributed by atoms with Crippen LogP contribution in [0.4, 0.5) is 0 Å². The molecule has 12 heteroatoms. The third-order valence-electron chi connectivity index (χ3n) is 9.73. The highest BCUT2D eigenvalue weighted by Crippen LogP contribution is 2.48. The number of hydrogen-bond acceptors (Lipinski definition) is 9. The van der Waals surface area contributed by atoms with Crippen LogP contribution in [0.2, 0.25) is 5.02 Å². The quantitative estimate of drug-likeness (QED) is 0.218. The lowest BCUT2D eigenvalue weighted by Crippen LogP contribution is -2.50. The molecule has 1 N–H and O–H groups in total. The van der Waals surface area contributed by atoms with Gasteiger partial charge in [-0.15, -0.1) is 11.3 Å². The summed E-state index contributed by atoms with van der Waals surface area (Å²) in [7, 11) is 3.35. The van der Waals surface area contributed by atoms with Crippen molar-refractivity contribution in [3.63, 3.8) is 0 Å². The maximum absolute atomic E-state index is 14.1. The minimum absolute atomic E-state index is 0.0940. The Morgan fingerprint density at radius 3 is 2.69 bits per heavy atom. The van der Waals surface area contributed by atoms with Gasteiger partial charge in [0, 0.05) is 36.3 Å². The number of ether oxygens (including phenoxy) is 3. The number of allylic oxidation sites excluding steroid dienone is 1. The number of hydrogen-bond donors (Lipinski definition) is 1. The molecule has 3 aromatic rings. The lowest BCUT2D eigenvalue weighted by molar-refractivity contribution is -0.150. The van der Waals surface area contributed by atoms with E-state index in [1.54, 1.807) is 32.0 Å². The van der Waals surface area contributed by atoms with Gasteiger partial charge in [0.05, 0.1) is 36.8 Å². The van der Waals surface area contributed by atoms with E-state index in [1.165, 1.54) is 11.3 Å². The Labute approximate surface area is 290 Å². The summed E-state index contributed by atoms with van der Waals surface area (Å²) >= 11 is 8.29. The second-order valence-corrected chi connectivity index (χ2v) is 14.6. The minimum atomic E-state index is -1.11. The predicted molar refractivity (Wildman–Crippen MR) is 185 cm³/mol. The van der Waals surface area contributed by atoms with E-state index in [1.807, 2.05) is 23.6 Å². The van der Waals surface area contributed by atoms with E-state index < -0.39 is 29.4 Å². The van der Waals surface area contributed by atoms with Gasteiger partial charge in [-0.25, -0.2) is 14.8 Å². The number of fused-ring (bicyclic) bond motifs is 3. The number of halogens is 1. The van der Waals surface area contributed by atoms with Crippen molar-refractivity contribution >= 4 is 51.6 Å². The second kappa shape index (κ2) is 14.0. The van der Waals surface area contributed by atoms with E-state index >= 15 is 0 Å². The molecule has 5 atom stereocenters. The van der Waals surface area contributed by atoms with E-state index in [9.17, 15) is 14.4 Å². The monoisotopic (exact) mass is 694 g/mol. The molecule has 2 aromatic heterocycles. The van der Waals surface area contributed by atoms with Gasteiger partial charge in [-0.05, 0) is 63.5 Å². The molecule has 2 aliphatic carbocycles. The Bertz CT molecular complexity index is 1740. The van der Waals surface area contributed by atoms with Crippen molar-refractivity contribution < 1.29 is 28.6 Å². The van der Waals surface area contributed by atoms with Crippen LogP contribution in [-0.4, -0.2) is 71.6 Å². The number of amides is 2. The summed E-state index contributed by atoms with van der Waals surface area (Å²) < 4.78 is 17.6. The Hall–Kier alpha value is -3.70. The standard InChI is InChI=1S/C36H43ClN4O6S/c1-6-46-35(44)36-18-21(36)11-9-7-8-10-14-41(4)34(43)25-16-22(15-24(25)32(42)40-36)47-29-17-26(33-39-27(19-48-33)20(2)3)38-31-23(29)12-13-28(45-5)30(31)37/h9,11-13,17,19-22,24-25H,6-8,10,14-16,18H2,1-5H3,(H,40,42)/b11-9-/t21-,22+,24+,25+,36+/m0/s1. The van der Waals surface area contributed by atoms with Gasteiger partial charge in [-0.3, -0.25) is 9.59 Å². The molecule has 0 saturated heterocycles. The molecule has 2 amide bonds. The fourth-order valence-electron chi connectivity index (χ4n) is 6.86. The van der Waals surface area contributed by atoms with Gasteiger partial charge < -0.3 is 24.4 Å². The first kappa shape index (κ1) is 34.2. The zero-order valence-electron chi connectivity index (χ0n) is 28.1. The molecule has 1 aliphatic heterocycles. The van der Waals surface area contributed by atoms with Crippen molar-refractivity contribution in [2.24, 2.45) is 17.8 Å². The summed E-state index contributed by atoms with van der Waals surface area (Å²) in [6, 6.07) is 5.48. The zero-order valence-corrected chi connectivity index (χ0v) is 29.7. The van der Waals surface area contributed by atoms with Crippen LogP contribution < -0.4 is 14.8 Å². The van der Waals surface area contributed by atoms with E-state index in [-0.39, 0.29) is 30.3 Å². The van der Waals surface area contributed by atoms with Crippen LogP contribution in [0, 0.1) is 17.8 Å². The maximum atomic E-state index is 14.1. The van der Waals surface area contributed by atoms with Crippen LogP contribution >= 0.6 is 22.9 Å². The summed E-state index contributed by atoms with van der Waals surface area (Å²) in [5.41, 5.74) is 0.981. The first-order valence-corrected chi connectivity index (χ1v) is 18.0. The number of nitrogens with zero attached hydrogens (tertiary/aromatic N) is 3. The van der Waals surface area contributed by atoms with Gasteiger partial charge in [-0.2, -0.15) is 0 Å². The van der Waals surface area contributed by atoms with E-state index in [0.717, 1.165) is 30.0 Å². The van der Waals surface area contributed by atoms with Crippen LogP contribution in [0.15, 0.2) is 35.7 Å². The summed E-state index contributed by atoms with van der Waals surface area (Å²) in [5.74, 6) is -1.02. The molecule has 2 saturated carbocycles. The molecule has 0 bridgehead atoms. The van der Waals surface area contributed by atoms with Crippen molar-refractivity contribution in [1.29, 1.82) is 0 Å². The molecule has 1 aromatic carbocycles. The molecule has 3 aliphatic rings. The predicted octanol–water partition coefficient (Wildman–Crippen LogP) is 6.55. The van der Waals surface area contributed by atoms with Gasteiger partial charge in [0.15, 0.2) is 0 Å². The molecule has 2 fully saturated rings. The number of methoxy groups -OCH3 is 1. The summed E-state index contributed by atoms with van der Waals surface area (Å²) in [6.07, 6.45) is 7.34. The number of thiazole rings is 1. The third-order valence-corrected chi connectivity index (χ3v) is 11.0. The van der Waals surface area contributed by atoms with Gasteiger partial charge in [0.1, 0.15) is 38.9 Å². The molecule has 0 spiro atoms. The first-order chi connectivity index (χ1) is 23.1. The Morgan fingerprint density at radius 2 is 1.96 bits per heavy atom. The number of pyridine rings is 1. The van der Waals surface area contributed by atoms with E-state index in [4.69, 9.17) is 35.8 Å². The van der Waals surface area contributed by atoms with Gasteiger partial charge in [-0.1, -0.05) is 37.6 Å². The van der Waals surface area contributed by atoms with Crippen LogP contribution in [-0.2, 0) is 19.1 Å². The lowest BCUT2D eigenvalue weighted by Gasteiger charge is -2.26. The first-order valence-electron chi connectivity index (χ1n) is 16.8. The minimum Gasteiger partial charge on any atom is -0.495 e. The smallest absolute Gasteiger partial charge is 0.332 e. The summed E-state index contributed by atoms with van der Waals surface area (Å²) in [4.78, 5) is 52.5. The van der Waals surface area contributed by atoms with Gasteiger partial charge >= 0.3 is 5.97 Å². The molecule has 3 heterocycles. The normalized spacial score (nSPS) is 26.8. The van der Waals surface area contributed by atoms with Crippen LogP contribution in [0.3, 0.4) is 0 Å². The van der Waals surface area contributed by atoms with Crippen molar-refractivity contribution in [2.45, 2.75) is 76.9 Å². The highest BCUT2D eigenvalue weighted by Gasteiger charge is 2.62. The van der Waals surface area contributed by atoms with Crippen molar-refractivity contribution in [2.75, 3.05) is 27.3 Å². The van der Waals surface area contributed by atoms with Crippen molar-refractivity contribution in [1.82, 2.24) is 20.2 Å². The van der Waals surface area contributed by atoms with E-state index in [0.29, 0.717) is 58.9 Å². The number of aromatic nitrogens is 2. The van der Waals surface area contributed by atoms with Crippen LogP contribution in [0.1, 0.15) is 70.9 Å². The third kappa shape index (κ3) is 6.63. The number of esters is 1. The number of rotatable bonds is 7. The summed E-state index contributed by atoms with van der Waals surface area (Å²) in [5, 5.41) is 6.85. The number of nitrogens with one attached hydrogen (secondary N) is 1. The Balaban J connectivity index is 1.34. The zero-order chi connectivity index (χ0) is 34.2. The number of benzene rings is 1. The van der Waals surface area contributed by atoms with E-state index in [2.05, 4.69) is 25.2 Å². The summed E-state index contributed by atoms with van der Waals surface area (Å²) in [6.45, 7) is 6.76. The lowest BCUT2D eigenvalue weighted by atomic mass is 9.93. The van der Waals surface area contributed by atoms with Crippen LogP contribution in [0.5, 0.6) is 11.5 Å². The van der Waals surface area contributed by atoms with Gasteiger partial charge in [0.2, 0.25) is 11.8 Å². The average Bonchev–Trinajstić information content (AvgIpc) is 3.37. The molecule has 48 heavy (non-hydrogen) atoms. The highest BCUT2D eigenvalue weighted by molar-refractivity contribution is 7.13. The largest absolute Gasteiger partial charge is 0.495 e. The Morgan fingerprint density at radius 1 is 1.17 bits per heavy atom. The topological polar surface area (TPSA) is 120 Å². The number of carbonyl (C=O) groups excluding carboxylic acids is 3. The fraction of sp³-hybridized carbons (Fsp3) is 0.528. The molecule has 0 radical (unpaired) electrons. The van der Waals surface area contributed by atoms with Crippen LogP contribution in [0.25, 0.3) is 21.6 Å². The molecule has 10 nitrogen and oxygen atoms in total. The second-order valence-electron chi connectivity index (χ2n) is 13.3. The van der Waals surface area contributed by atoms with Gasteiger partial charge in [0.25, 0.3) is 0 Å². The fourth-order valence-corrected chi connectivity index (χ4v) is 8.08. The number of carbonyl (C=O) groups is 3. The Kier molecular flexibility index (Phi) is 9.99. The molecule has 256 valence electrons.